The standard InChI is InChI=1S/C10H14N2O2/c1-3-4-5-8-14-10-6-7-12(11-10)9(2)13/h3,6-7H,1,4-5,8H2,2H3. The monoisotopic (exact) mass is 194 g/mol. The molecular formula is C10H14N2O2. The van der Waals surface area contributed by atoms with Crippen molar-refractivity contribution in [1.29, 1.82) is 0 Å². The summed E-state index contributed by atoms with van der Waals surface area (Å²) in [6, 6.07) is 1.68. The summed E-state index contributed by atoms with van der Waals surface area (Å²) in [5.74, 6) is 0.371. The van der Waals surface area contributed by atoms with Gasteiger partial charge in [-0.2, -0.15) is 0 Å². The Morgan fingerprint density at radius 3 is 3.14 bits per heavy atom. The smallest absolute Gasteiger partial charge is 0.243 e. The van der Waals surface area contributed by atoms with Crippen LogP contribution in [0.3, 0.4) is 0 Å². The number of allylic oxidation sites excluding steroid dienone is 1. The molecule has 4 heteroatoms. The molecule has 1 aromatic heterocycles. The zero-order chi connectivity index (χ0) is 10.4. The van der Waals surface area contributed by atoms with E-state index in [4.69, 9.17) is 4.74 Å². The number of hydrogen-bond acceptors (Lipinski definition) is 3. The van der Waals surface area contributed by atoms with Crippen molar-refractivity contribution in [2.45, 2.75) is 19.8 Å². The summed E-state index contributed by atoms with van der Waals surface area (Å²) in [4.78, 5) is 10.9. The van der Waals surface area contributed by atoms with E-state index in [9.17, 15) is 4.79 Å². The van der Waals surface area contributed by atoms with Crippen molar-refractivity contribution < 1.29 is 9.53 Å². The molecule has 0 unspecified atom stereocenters. The second kappa shape index (κ2) is 5.21. The second-order valence-corrected chi connectivity index (χ2v) is 2.90. The lowest BCUT2D eigenvalue weighted by Gasteiger charge is -1.99. The van der Waals surface area contributed by atoms with Gasteiger partial charge < -0.3 is 4.74 Å². The normalized spacial score (nSPS) is 9.79. The van der Waals surface area contributed by atoms with Gasteiger partial charge in [0.15, 0.2) is 0 Å². The van der Waals surface area contributed by atoms with Gasteiger partial charge in [-0.25, -0.2) is 4.68 Å². The van der Waals surface area contributed by atoms with Gasteiger partial charge in [0, 0.05) is 19.2 Å². The maximum Gasteiger partial charge on any atom is 0.243 e. The molecule has 0 aliphatic heterocycles. The van der Waals surface area contributed by atoms with E-state index in [2.05, 4.69) is 11.7 Å². The first-order valence-corrected chi connectivity index (χ1v) is 4.54. The van der Waals surface area contributed by atoms with E-state index in [0.29, 0.717) is 12.5 Å². The quantitative estimate of drug-likeness (QED) is 0.531. The maximum absolute atomic E-state index is 10.9. The number of carbonyl (C=O) groups excluding carboxylic acids is 1. The molecule has 0 aromatic carbocycles. The van der Waals surface area contributed by atoms with Gasteiger partial charge in [-0.15, -0.1) is 11.7 Å². The molecule has 4 nitrogen and oxygen atoms in total. The number of ether oxygens (including phenoxy) is 1. The molecule has 76 valence electrons. The highest BCUT2D eigenvalue weighted by molar-refractivity contribution is 5.75. The van der Waals surface area contributed by atoms with Crippen LogP contribution >= 0.6 is 0 Å². The minimum Gasteiger partial charge on any atom is -0.477 e. The van der Waals surface area contributed by atoms with Crippen molar-refractivity contribution in [3.8, 4) is 5.88 Å². The molecule has 0 radical (unpaired) electrons. The molecule has 1 heterocycles. The SMILES string of the molecule is C=CCCCOc1ccn(C(C)=O)n1. The molecule has 0 fully saturated rings. The lowest BCUT2D eigenvalue weighted by Crippen LogP contribution is -2.06. The summed E-state index contributed by atoms with van der Waals surface area (Å²) in [5, 5.41) is 3.93. The Morgan fingerprint density at radius 1 is 1.79 bits per heavy atom. The van der Waals surface area contributed by atoms with Crippen LogP contribution in [0.4, 0.5) is 0 Å². The van der Waals surface area contributed by atoms with Crippen molar-refractivity contribution in [3.05, 3.63) is 24.9 Å². The number of nitrogens with zero attached hydrogens (tertiary/aromatic N) is 2. The lowest BCUT2D eigenvalue weighted by atomic mass is 10.3. The molecule has 1 aromatic rings. The molecule has 0 N–H and O–H groups in total. The van der Waals surface area contributed by atoms with E-state index in [1.54, 1.807) is 12.3 Å². The number of carbonyl (C=O) groups is 1. The van der Waals surface area contributed by atoms with Gasteiger partial charge in [-0.3, -0.25) is 4.79 Å². The molecule has 0 spiro atoms. The first-order chi connectivity index (χ1) is 6.74. The summed E-state index contributed by atoms with van der Waals surface area (Å²) < 4.78 is 6.56. The molecule has 0 saturated carbocycles. The highest BCUT2D eigenvalue weighted by atomic mass is 16.5. The predicted octanol–water partition coefficient (Wildman–Crippen LogP) is 1.89. The summed E-state index contributed by atoms with van der Waals surface area (Å²) in [5.41, 5.74) is 0. The van der Waals surface area contributed by atoms with Crippen LogP contribution in [0.25, 0.3) is 0 Å². The van der Waals surface area contributed by atoms with E-state index in [0.717, 1.165) is 12.8 Å². The Morgan fingerprint density at radius 2 is 2.57 bits per heavy atom. The Labute approximate surface area is 83.2 Å². The van der Waals surface area contributed by atoms with Gasteiger partial charge in [-0.05, 0) is 12.8 Å². The second-order valence-electron chi connectivity index (χ2n) is 2.90. The molecule has 0 saturated heterocycles. The average molecular weight is 194 g/mol. The Balaban J connectivity index is 2.36. The highest BCUT2D eigenvalue weighted by Crippen LogP contribution is 2.06. The average Bonchev–Trinajstić information content (AvgIpc) is 2.61. The first-order valence-electron chi connectivity index (χ1n) is 4.54. The lowest BCUT2D eigenvalue weighted by molar-refractivity contribution is 0.0918. The van der Waals surface area contributed by atoms with Crippen molar-refractivity contribution in [2.75, 3.05) is 6.61 Å². The van der Waals surface area contributed by atoms with E-state index >= 15 is 0 Å². The Hall–Kier alpha value is -1.58. The van der Waals surface area contributed by atoms with E-state index in [-0.39, 0.29) is 5.91 Å². The van der Waals surface area contributed by atoms with E-state index in [1.165, 1.54) is 11.6 Å². The van der Waals surface area contributed by atoms with Gasteiger partial charge in [0.25, 0.3) is 0 Å². The fraction of sp³-hybridized carbons (Fsp3) is 0.400. The number of hydrogen-bond donors (Lipinski definition) is 0. The van der Waals surface area contributed by atoms with Crippen molar-refractivity contribution in [2.24, 2.45) is 0 Å². The van der Waals surface area contributed by atoms with Crippen LogP contribution in [0.1, 0.15) is 24.6 Å². The third-order valence-corrected chi connectivity index (χ3v) is 1.69. The summed E-state index contributed by atoms with van der Waals surface area (Å²) >= 11 is 0. The molecule has 0 aliphatic rings. The van der Waals surface area contributed by atoms with Crippen LogP contribution in [0, 0.1) is 0 Å². The van der Waals surface area contributed by atoms with Crippen LogP contribution in [0.2, 0.25) is 0 Å². The maximum atomic E-state index is 10.9. The van der Waals surface area contributed by atoms with Crippen molar-refractivity contribution in [3.63, 3.8) is 0 Å². The number of rotatable bonds is 5. The number of unbranched alkanes of at least 4 members (excludes halogenated alkanes) is 1. The molecule has 1 rings (SSSR count). The number of aromatic nitrogens is 2. The van der Waals surface area contributed by atoms with Crippen LogP contribution in [-0.4, -0.2) is 22.3 Å². The molecule has 0 aliphatic carbocycles. The third-order valence-electron chi connectivity index (χ3n) is 1.69. The molecular weight excluding hydrogens is 180 g/mol. The minimum absolute atomic E-state index is 0.119. The molecule has 0 bridgehead atoms. The van der Waals surface area contributed by atoms with Crippen molar-refractivity contribution in [1.82, 2.24) is 9.78 Å². The summed E-state index contributed by atoms with van der Waals surface area (Å²) in [6.07, 6.45) is 5.27. The summed E-state index contributed by atoms with van der Waals surface area (Å²) in [7, 11) is 0. The Kier molecular flexibility index (Phi) is 3.91. The molecule has 14 heavy (non-hydrogen) atoms. The zero-order valence-electron chi connectivity index (χ0n) is 8.27. The van der Waals surface area contributed by atoms with E-state index < -0.39 is 0 Å². The van der Waals surface area contributed by atoms with Gasteiger partial charge in [0.05, 0.1) is 6.61 Å². The van der Waals surface area contributed by atoms with Crippen LogP contribution < -0.4 is 4.74 Å². The van der Waals surface area contributed by atoms with Crippen LogP contribution in [0.5, 0.6) is 5.88 Å². The van der Waals surface area contributed by atoms with Crippen molar-refractivity contribution >= 4 is 5.91 Å². The van der Waals surface area contributed by atoms with Crippen LogP contribution in [0.15, 0.2) is 24.9 Å². The highest BCUT2D eigenvalue weighted by Gasteiger charge is 2.01. The zero-order valence-corrected chi connectivity index (χ0v) is 8.27. The van der Waals surface area contributed by atoms with Gasteiger partial charge in [-0.1, -0.05) is 6.08 Å². The molecule has 0 atom stereocenters. The largest absolute Gasteiger partial charge is 0.477 e. The van der Waals surface area contributed by atoms with Gasteiger partial charge in [0.1, 0.15) is 0 Å². The first kappa shape index (κ1) is 10.5. The van der Waals surface area contributed by atoms with Gasteiger partial charge >= 0.3 is 0 Å². The van der Waals surface area contributed by atoms with E-state index in [1.807, 2.05) is 6.08 Å². The van der Waals surface area contributed by atoms with Gasteiger partial charge in [0.2, 0.25) is 11.8 Å². The fourth-order valence-corrected chi connectivity index (χ4v) is 0.964. The third kappa shape index (κ3) is 3.05. The summed E-state index contributed by atoms with van der Waals surface area (Å²) in [6.45, 7) is 5.66. The Bertz CT molecular complexity index is 318. The van der Waals surface area contributed by atoms with Crippen LogP contribution in [-0.2, 0) is 0 Å². The molecule has 0 amide bonds. The topological polar surface area (TPSA) is 44.1 Å². The predicted molar refractivity (Wildman–Crippen MR) is 53.5 cm³/mol. The fourth-order valence-electron chi connectivity index (χ4n) is 0.964. The minimum atomic E-state index is -0.119.